The Labute approximate surface area is 120 Å². The van der Waals surface area contributed by atoms with Crippen molar-refractivity contribution in [1.82, 2.24) is 10.2 Å². The fourth-order valence-electron chi connectivity index (χ4n) is 3.27. The molecular formula is C16H34N2O. The molecule has 1 aliphatic heterocycles. The Bertz CT molecular complexity index is 241. The molecule has 0 aromatic rings. The van der Waals surface area contributed by atoms with Crippen LogP contribution < -0.4 is 5.32 Å². The Morgan fingerprint density at radius 2 is 2.00 bits per heavy atom. The number of methoxy groups -OCH3 is 1. The Balaban J connectivity index is 2.68. The van der Waals surface area contributed by atoms with Crippen molar-refractivity contribution in [2.24, 2.45) is 5.92 Å². The maximum absolute atomic E-state index is 5.22. The molecule has 3 heteroatoms. The van der Waals surface area contributed by atoms with E-state index in [9.17, 15) is 0 Å². The average molecular weight is 270 g/mol. The van der Waals surface area contributed by atoms with E-state index in [-0.39, 0.29) is 0 Å². The van der Waals surface area contributed by atoms with Crippen LogP contribution in [0.15, 0.2) is 0 Å². The van der Waals surface area contributed by atoms with E-state index >= 15 is 0 Å². The van der Waals surface area contributed by atoms with Crippen molar-refractivity contribution in [3.8, 4) is 0 Å². The molecule has 0 radical (unpaired) electrons. The van der Waals surface area contributed by atoms with Gasteiger partial charge in [0.25, 0.3) is 0 Å². The van der Waals surface area contributed by atoms with Gasteiger partial charge in [-0.15, -0.1) is 0 Å². The summed E-state index contributed by atoms with van der Waals surface area (Å²) in [6.45, 7) is 13.7. The first kappa shape index (κ1) is 16.9. The van der Waals surface area contributed by atoms with Gasteiger partial charge in [-0.2, -0.15) is 0 Å². The standard InChI is InChI=1S/C16H34N2O/c1-6-14(4)15-12-18(10-9-11-19-5)16(7-2,8-3)13-17-15/h14-15,17H,6-13H2,1-5H3. The predicted molar refractivity (Wildman–Crippen MR) is 82.6 cm³/mol. The summed E-state index contributed by atoms with van der Waals surface area (Å²) >= 11 is 0. The molecule has 1 fully saturated rings. The van der Waals surface area contributed by atoms with E-state index in [1.54, 1.807) is 7.11 Å². The molecule has 1 aliphatic rings. The first-order chi connectivity index (χ1) is 9.13. The summed E-state index contributed by atoms with van der Waals surface area (Å²) < 4.78 is 5.22. The second-order valence-corrected chi connectivity index (χ2v) is 6.10. The Kier molecular flexibility index (Phi) is 7.33. The molecule has 0 spiro atoms. The minimum atomic E-state index is 0.359. The number of hydrogen-bond donors (Lipinski definition) is 1. The summed E-state index contributed by atoms with van der Waals surface area (Å²) in [4.78, 5) is 2.74. The van der Waals surface area contributed by atoms with Gasteiger partial charge < -0.3 is 10.1 Å². The highest BCUT2D eigenvalue weighted by molar-refractivity contribution is 4.98. The van der Waals surface area contributed by atoms with Crippen molar-refractivity contribution in [2.45, 2.75) is 65.0 Å². The molecule has 0 aliphatic carbocycles. The van der Waals surface area contributed by atoms with Crippen LogP contribution in [-0.2, 0) is 4.74 Å². The van der Waals surface area contributed by atoms with Crippen LogP contribution in [0.25, 0.3) is 0 Å². The molecule has 19 heavy (non-hydrogen) atoms. The third kappa shape index (κ3) is 4.17. The number of ether oxygens (including phenoxy) is 1. The summed E-state index contributed by atoms with van der Waals surface area (Å²) in [5, 5.41) is 3.81. The van der Waals surface area contributed by atoms with E-state index < -0.39 is 0 Å². The molecule has 0 aromatic heterocycles. The van der Waals surface area contributed by atoms with E-state index in [0.717, 1.165) is 25.5 Å². The van der Waals surface area contributed by atoms with Crippen molar-refractivity contribution in [2.75, 3.05) is 33.4 Å². The third-order valence-corrected chi connectivity index (χ3v) is 5.20. The second kappa shape index (κ2) is 8.23. The predicted octanol–water partition coefficient (Wildman–Crippen LogP) is 2.90. The molecule has 0 amide bonds. The topological polar surface area (TPSA) is 24.5 Å². The van der Waals surface area contributed by atoms with E-state index in [2.05, 4.69) is 37.9 Å². The van der Waals surface area contributed by atoms with Crippen LogP contribution in [-0.4, -0.2) is 49.8 Å². The molecule has 0 aromatic carbocycles. The van der Waals surface area contributed by atoms with Crippen LogP contribution in [0.4, 0.5) is 0 Å². The van der Waals surface area contributed by atoms with Gasteiger partial charge in [0.1, 0.15) is 0 Å². The van der Waals surface area contributed by atoms with Crippen LogP contribution in [0, 0.1) is 5.92 Å². The third-order valence-electron chi connectivity index (χ3n) is 5.20. The lowest BCUT2D eigenvalue weighted by Gasteiger charge is -2.51. The molecule has 0 saturated carbocycles. The Morgan fingerprint density at radius 3 is 2.53 bits per heavy atom. The number of nitrogens with zero attached hydrogens (tertiary/aromatic N) is 1. The van der Waals surface area contributed by atoms with Gasteiger partial charge in [-0.3, -0.25) is 4.90 Å². The SMILES string of the molecule is CCC(C)C1CN(CCCOC)C(CC)(CC)CN1. The highest BCUT2D eigenvalue weighted by atomic mass is 16.5. The maximum Gasteiger partial charge on any atom is 0.0474 e. The molecule has 3 nitrogen and oxygen atoms in total. The minimum absolute atomic E-state index is 0.359. The maximum atomic E-state index is 5.22. The number of piperazine rings is 1. The molecule has 1 N–H and O–H groups in total. The van der Waals surface area contributed by atoms with Crippen molar-refractivity contribution >= 4 is 0 Å². The van der Waals surface area contributed by atoms with Gasteiger partial charge in [-0.1, -0.05) is 34.1 Å². The van der Waals surface area contributed by atoms with Gasteiger partial charge in [0.15, 0.2) is 0 Å². The molecular weight excluding hydrogens is 236 g/mol. The fraction of sp³-hybridized carbons (Fsp3) is 1.00. The van der Waals surface area contributed by atoms with Gasteiger partial charge in [0.2, 0.25) is 0 Å². The lowest BCUT2D eigenvalue weighted by Crippen LogP contribution is -2.65. The molecule has 114 valence electrons. The van der Waals surface area contributed by atoms with E-state index in [4.69, 9.17) is 4.74 Å². The zero-order valence-electron chi connectivity index (χ0n) is 13.7. The molecule has 2 atom stereocenters. The van der Waals surface area contributed by atoms with Crippen molar-refractivity contribution in [1.29, 1.82) is 0 Å². The average Bonchev–Trinajstić information content (AvgIpc) is 2.46. The first-order valence-corrected chi connectivity index (χ1v) is 8.10. The molecule has 1 heterocycles. The van der Waals surface area contributed by atoms with Crippen molar-refractivity contribution in [3.63, 3.8) is 0 Å². The van der Waals surface area contributed by atoms with Crippen LogP contribution in [0.5, 0.6) is 0 Å². The van der Waals surface area contributed by atoms with Gasteiger partial charge in [-0.25, -0.2) is 0 Å². The van der Waals surface area contributed by atoms with Crippen molar-refractivity contribution < 1.29 is 4.74 Å². The Hall–Kier alpha value is -0.120. The Morgan fingerprint density at radius 1 is 1.32 bits per heavy atom. The smallest absolute Gasteiger partial charge is 0.0474 e. The molecule has 2 unspecified atom stereocenters. The molecule has 1 saturated heterocycles. The number of nitrogens with one attached hydrogen (secondary N) is 1. The van der Waals surface area contributed by atoms with Crippen LogP contribution in [0.3, 0.4) is 0 Å². The van der Waals surface area contributed by atoms with Gasteiger partial charge in [0, 0.05) is 44.9 Å². The van der Waals surface area contributed by atoms with E-state index in [1.165, 1.54) is 32.4 Å². The largest absolute Gasteiger partial charge is 0.385 e. The number of rotatable bonds is 8. The summed E-state index contributed by atoms with van der Waals surface area (Å²) in [6.07, 6.45) is 4.87. The summed E-state index contributed by atoms with van der Waals surface area (Å²) in [7, 11) is 1.80. The zero-order chi connectivity index (χ0) is 14.3. The molecule has 1 rings (SSSR count). The van der Waals surface area contributed by atoms with Gasteiger partial charge in [0.05, 0.1) is 0 Å². The van der Waals surface area contributed by atoms with Gasteiger partial charge in [-0.05, 0) is 25.2 Å². The van der Waals surface area contributed by atoms with E-state index in [0.29, 0.717) is 11.6 Å². The summed E-state index contributed by atoms with van der Waals surface area (Å²) in [5.74, 6) is 0.761. The van der Waals surface area contributed by atoms with Gasteiger partial charge >= 0.3 is 0 Å². The lowest BCUT2D eigenvalue weighted by molar-refractivity contribution is 0.0145. The number of hydrogen-bond acceptors (Lipinski definition) is 3. The highest BCUT2D eigenvalue weighted by Crippen LogP contribution is 2.29. The van der Waals surface area contributed by atoms with Crippen LogP contribution in [0.1, 0.15) is 53.4 Å². The first-order valence-electron chi connectivity index (χ1n) is 8.10. The zero-order valence-corrected chi connectivity index (χ0v) is 13.7. The van der Waals surface area contributed by atoms with E-state index in [1.807, 2.05) is 0 Å². The van der Waals surface area contributed by atoms with Crippen LogP contribution in [0.2, 0.25) is 0 Å². The quantitative estimate of drug-likeness (QED) is 0.686. The van der Waals surface area contributed by atoms with Crippen molar-refractivity contribution in [3.05, 3.63) is 0 Å². The summed E-state index contributed by atoms with van der Waals surface area (Å²) in [5.41, 5.74) is 0.359. The lowest BCUT2D eigenvalue weighted by atomic mass is 9.84. The molecule has 0 bridgehead atoms. The highest BCUT2D eigenvalue weighted by Gasteiger charge is 2.39. The second-order valence-electron chi connectivity index (χ2n) is 6.10. The minimum Gasteiger partial charge on any atom is -0.385 e. The fourth-order valence-corrected chi connectivity index (χ4v) is 3.27. The normalized spacial score (nSPS) is 25.4. The van der Waals surface area contributed by atoms with Crippen LogP contribution >= 0.6 is 0 Å². The monoisotopic (exact) mass is 270 g/mol. The summed E-state index contributed by atoms with van der Waals surface area (Å²) in [6, 6.07) is 0.652.